The van der Waals surface area contributed by atoms with Crippen LogP contribution >= 0.6 is 0 Å². The Kier molecular flexibility index (Phi) is 5.43. The van der Waals surface area contributed by atoms with E-state index >= 15 is 0 Å². The van der Waals surface area contributed by atoms with Gasteiger partial charge in [-0.15, -0.1) is 0 Å². The zero-order chi connectivity index (χ0) is 17.6. The van der Waals surface area contributed by atoms with E-state index in [9.17, 15) is 14.0 Å². The summed E-state index contributed by atoms with van der Waals surface area (Å²) in [5.41, 5.74) is 3.23. The first-order valence-corrected chi connectivity index (χ1v) is 8.58. The summed E-state index contributed by atoms with van der Waals surface area (Å²) in [4.78, 5) is 24.1. The Morgan fingerprint density at radius 2 is 1.56 bits per heavy atom. The summed E-state index contributed by atoms with van der Waals surface area (Å²) < 4.78 is 13.5. The van der Waals surface area contributed by atoms with E-state index in [-0.39, 0.29) is 24.6 Å². The maximum atomic E-state index is 13.5. The van der Waals surface area contributed by atoms with Crippen LogP contribution in [0.1, 0.15) is 44.7 Å². The van der Waals surface area contributed by atoms with Crippen LogP contribution in [0.3, 0.4) is 0 Å². The summed E-state index contributed by atoms with van der Waals surface area (Å²) in [5, 5.41) is 5.38. The zero-order valence-corrected chi connectivity index (χ0v) is 14.0. The molecule has 0 aromatic heterocycles. The Morgan fingerprint density at radius 1 is 0.880 bits per heavy atom. The van der Waals surface area contributed by atoms with Crippen molar-refractivity contribution in [3.63, 3.8) is 0 Å². The van der Waals surface area contributed by atoms with Crippen LogP contribution in [0.15, 0.2) is 42.5 Å². The van der Waals surface area contributed by atoms with Gasteiger partial charge in [0.05, 0.1) is 5.56 Å². The third kappa shape index (κ3) is 4.24. The van der Waals surface area contributed by atoms with Crippen LogP contribution in [-0.4, -0.2) is 24.9 Å². The number of benzene rings is 2. The maximum Gasteiger partial charge on any atom is 0.254 e. The van der Waals surface area contributed by atoms with Gasteiger partial charge in [0.15, 0.2) is 0 Å². The summed E-state index contributed by atoms with van der Waals surface area (Å²) in [6.07, 6.45) is 4.48. The van der Waals surface area contributed by atoms with Gasteiger partial charge >= 0.3 is 0 Å². The van der Waals surface area contributed by atoms with E-state index in [2.05, 4.69) is 10.6 Å². The van der Waals surface area contributed by atoms with Crippen LogP contribution in [0, 0.1) is 5.82 Å². The van der Waals surface area contributed by atoms with Gasteiger partial charge in [-0.1, -0.05) is 18.2 Å². The first-order chi connectivity index (χ1) is 12.1. The number of hydrogen-bond acceptors (Lipinski definition) is 2. The molecule has 2 aromatic rings. The van der Waals surface area contributed by atoms with Crippen molar-refractivity contribution in [2.75, 3.05) is 13.1 Å². The minimum atomic E-state index is -0.557. The minimum absolute atomic E-state index is 0.00325. The van der Waals surface area contributed by atoms with Crippen molar-refractivity contribution in [3.05, 3.63) is 70.5 Å². The number of amides is 2. The fourth-order valence-corrected chi connectivity index (χ4v) is 3.07. The van der Waals surface area contributed by atoms with Crippen molar-refractivity contribution < 1.29 is 14.0 Å². The number of halogens is 1. The predicted octanol–water partition coefficient (Wildman–Crippen LogP) is 2.86. The fourth-order valence-electron chi connectivity index (χ4n) is 3.07. The van der Waals surface area contributed by atoms with E-state index in [0.29, 0.717) is 5.56 Å². The van der Waals surface area contributed by atoms with E-state index in [0.717, 1.165) is 12.8 Å². The molecule has 25 heavy (non-hydrogen) atoms. The largest absolute Gasteiger partial charge is 0.350 e. The molecule has 0 saturated carbocycles. The van der Waals surface area contributed by atoms with Crippen LogP contribution in [0.2, 0.25) is 0 Å². The van der Waals surface area contributed by atoms with Crippen molar-refractivity contribution in [2.24, 2.45) is 0 Å². The Bertz CT molecular complexity index is 789. The second-order valence-electron chi connectivity index (χ2n) is 6.18. The van der Waals surface area contributed by atoms with Crippen LogP contribution < -0.4 is 10.6 Å². The number of carbonyl (C=O) groups is 2. The molecule has 0 unspecified atom stereocenters. The predicted molar refractivity (Wildman–Crippen MR) is 94.2 cm³/mol. The Morgan fingerprint density at radius 3 is 2.32 bits per heavy atom. The Balaban J connectivity index is 1.48. The van der Waals surface area contributed by atoms with Crippen molar-refractivity contribution >= 4 is 11.8 Å². The van der Waals surface area contributed by atoms with Gasteiger partial charge < -0.3 is 10.6 Å². The first-order valence-electron chi connectivity index (χ1n) is 8.58. The van der Waals surface area contributed by atoms with Gasteiger partial charge in [-0.05, 0) is 61.1 Å². The molecular weight excluding hydrogens is 319 g/mol. The number of rotatable bonds is 5. The minimum Gasteiger partial charge on any atom is -0.350 e. The highest BCUT2D eigenvalue weighted by Gasteiger charge is 2.13. The lowest BCUT2D eigenvalue weighted by atomic mass is 9.90. The lowest BCUT2D eigenvalue weighted by molar-refractivity contribution is 0.0925. The third-order valence-corrected chi connectivity index (χ3v) is 4.43. The molecule has 0 heterocycles. The molecule has 2 N–H and O–H groups in total. The van der Waals surface area contributed by atoms with Crippen LogP contribution in [0.4, 0.5) is 4.39 Å². The maximum absolute atomic E-state index is 13.5. The van der Waals surface area contributed by atoms with E-state index in [1.807, 2.05) is 18.2 Å². The Hall–Kier alpha value is -2.69. The number of carbonyl (C=O) groups excluding carboxylic acids is 2. The molecule has 5 heteroatoms. The molecule has 2 aromatic carbocycles. The van der Waals surface area contributed by atoms with Gasteiger partial charge in [0, 0.05) is 18.7 Å². The van der Waals surface area contributed by atoms with E-state index in [1.54, 1.807) is 6.07 Å². The molecule has 0 fully saturated rings. The molecular formula is C20H21FN2O2. The highest BCUT2D eigenvalue weighted by atomic mass is 19.1. The smallest absolute Gasteiger partial charge is 0.254 e. The SMILES string of the molecule is O=C(NCCNC(=O)c1ccccc1F)c1ccc2c(c1)CCCC2. The van der Waals surface area contributed by atoms with Crippen molar-refractivity contribution in [3.8, 4) is 0 Å². The number of fused-ring (bicyclic) bond motifs is 1. The molecule has 2 amide bonds. The molecule has 0 radical (unpaired) electrons. The number of aryl methyl sites for hydroxylation is 2. The average molecular weight is 340 g/mol. The molecule has 3 rings (SSSR count). The van der Waals surface area contributed by atoms with Gasteiger partial charge in [0.2, 0.25) is 0 Å². The standard InChI is InChI=1S/C20H21FN2O2/c21-18-8-4-3-7-17(18)20(25)23-12-11-22-19(24)16-10-9-14-5-1-2-6-15(14)13-16/h3-4,7-10,13H,1-2,5-6,11-12H2,(H,22,24)(H,23,25). The quantitative estimate of drug-likeness (QED) is 0.823. The summed E-state index contributed by atoms with van der Waals surface area (Å²) in [6.45, 7) is 0.528. The Labute approximate surface area is 146 Å². The van der Waals surface area contributed by atoms with E-state index < -0.39 is 11.7 Å². The van der Waals surface area contributed by atoms with E-state index in [4.69, 9.17) is 0 Å². The highest BCUT2D eigenvalue weighted by molar-refractivity contribution is 5.95. The van der Waals surface area contributed by atoms with Crippen LogP contribution in [-0.2, 0) is 12.8 Å². The summed E-state index contributed by atoms with van der Waals surface area (Å²) >= 11 is 0. The lowest BCUT2D eigenvalue weighted by Gasteiger charge is -2.16. The van der Waals surface area contributed by atoms with Gasteiger partial charge in [-0.3, -0.25) is 9.59 Å². The molecule has 0 aliphatic heterocycles. The van der Waals surface area contributed by atoms with Crippen molar-refractivity contribution in [1.29, 1.82) is 0 Å². The fraction of sp³-hybridized carbons (Fsp3) is 0.300. The second kappa shape index (κ2) is 7.92. The lowest BCUT2D eigenvalue weighted by Crippen LogP contribution is -2.35. The summed E-state index contributed by atoms with van der Waals surface area (Å²) in [7, 11) is 0. The number of nitrogens with one attached hydrogen (secondary N) is 2. The molecule has 0 spiro atoms. The molecule has 130 valence electrons. The van der Waals surface area contributed by atoms with E-state index in [1.165, 1.54) is 42.2 Å². The summed E-state index contributed by atoms with van der Waals surface area (Å²) in [6, 6.07) is 11.6. The molecule has 1 aliphatic carbocycles. The monoisotopic (exact) mass is 340 g/mol. The van der Waals surface area contributed by atoms with Crippen LogP contribution in [0.5, 0.6) is 0 Å². The molecule has 0 bridgehead atoms. The molecule has 0 saturated heterocycles. The topological polar surface area (TPSA) is 58.2 Å². The normalized spacial score (nSPS) is 13.0. The van der Waals surface area contributed by atoms with Gasteiger partial charge in [-0.2, -0.15) is 0 Å². The zero-order valence-electron chi connectivity index (χ0n) is 14.0. The molecule has 4 nitrogen and oxygen atoms in total. The third-order valence-electron chi connectivity index (χ3n) is 4.43. The number of hydrogen-bond donors (Lipinski definition) is 2. The molecule has 1 aliphatic rings. The second-order valence-corrected chi connectivity index (χ2v) is 6.18. The summed E-state index contributed by atoms with van der Waals surface area (Å²) in [5.74, 6) is -1.20. The van der Waals surface area contributed by atoms with Crippen molar-refractivity contribution in [2.45, 2.75) is 25.7 Å². The van der Waals surface area contributed by atoms with Gasteiger partial charge in [-0.25, -0.2) is 4.39 Å². The first kappa shape index (κ1) is 17.1. The van der Waals surface area contributed by atoms with Gasteiger partial charge in [0.1, 0.15) is 5.82 Å². The molecule has 0 atom stereocenters. The highest BCUT2D eigenvalue weighted by Crippen LogP contribution is 2.22. The van der Waals surface area contributed by atoms with Crippen LogP contribution in [0.25, 0.3) is 0 Å². The average Bonchev–Trinajstić information content (AvgIpc) is 2.64. The van der Waals surface area contributed by atoms with Crippen molar-refractivity contribution in [1.82, 2.24) is 10.6 Å². The van der Waals surface area contributed by atoms with Gasteiger partial charge in [0.25, 0.3) is 11.8 Å².